The zero-order chi connectivity index (χ0) is 51.0. The summed E-state index contributed by atoms with van der Waals surface area (Å²) in [5, 5.41) is 33.7. The molecule has 0 bridgehead atoms. The number of urea groups is 1. The minimum absolute atomic E-state index is 0. The second kappa shape index (κ2) is 27.8. The molecule has 4 saturated carbocycles. The van der Waals surface area contributed by atoms with E-state index in [1.54, 1.807) is 24.5 Å². The number of anilines is 7. The predicted molar refractivity (Wildman–Crippen MR) is 290 cm³/mol. The van der Waals surface area contributed by atoms with Crippen LogP contribution in [0.1, 0.15) is 152 Å². The Kier molecular flexibility index (Phi) is 21.1. The molecule has 4 aliphatic rings. The maximum Gasteiger partial charge on any atom is 0.416 e. The van der Waals surface area contributed by atoms with Gasteiger partial charge in [0.25, 0.3) is 0 Å². The highest BCUT2D eigenvalue weighted by molar-refractivity contribution is 5.89. The molecule has 0 atom stereocenters. The van der Waals surface area contributed by atoms with Crippen molar-refractivity contribution in [2.24, 2.45) is 10.7 Å². The largest absolute Gasteiger partial charge is 0.416 e. The number of hydrogen-bond acceptors (Lipinski definition) is 14. The molecule has 4 aromatic heterocycles. The van der Waals surface area contributed by atoms with Gasteiger partial charge in [-0.25, -0.2) is 19.6 Å². The fraction of sp³-hybridized carbons (Fsp3) is 0.481. The summed E-state index contributed by atoms with van der Waals surface area (Å²) < 4.78 is 38.7. The number of rotatable bonds is 13. The maximum atomic E-state index is 12.9. The van der Waals surface area contributed by atoms with Gasteiger partial charge >= 0.3 is 12.2 Å². The number of amides is 2. The molecule has 0 spiro atoms. The van der Waals surface area contributed by atoms with Gasteiger partial charge in [0.2, 0.25) is 18.0 Å². The quantitative estimate of drug-likeness (QED) is 0.0386. The van der Waals surface area contributed by atoms with E-state index in [-0.39, 0.29) is 32.6 Å². The highest BCUT2D eigenvalue weighted by Crippen LogP contribution is 2.36. The average molecular weight is 1040 g/mol. The number of carbonyl (C=O) groups is 1. The molecule has 0 unspecified atom stereocenters. The van der Waals surface area contributed by atoms with Crippen LogP contribution in [0.25, 0.3) is 0 Å². The third-order valence-electron chi connectivity index (χ3n) is 13.7. The number of aromatic amines is 2. The Morgan fingerprint density at radius 2 is 1.16 bits per heavy atom. The van der Waals surface area contributed by atoms with Crippen molar-refractivity contribution in [3.05, 3.63) is 108 Å². The van der Waals surface area contributed by atoms with Gasteiger partial charge in [-0.05, 0) is 132 Å². The average Bonchev–Trinajstić information content (AvgIpc) is 4.24. The molecule has 2 amide bonds. The van der Waals surface area contributed by atoms with Crippen molar-refractivity contribution in [1.29, 1.82) is 0 Å². The van der Waals surface area contributed by atoms with E-state index in [1.165, 1.54) is 75.3 Å². The monoisotopic (exact) mass is 1030 g/mol. The summed E-state index contributed by atoms with van der Waals surface area (Å²) in [5.74, 6) is 5.31. The zero-order valence-corrected chi connectivity index (χ0v) is 41.0. The standard InChI is InChI=1S/C26H31F3N8O.C18H27N7.C8H7NO.2CH4/c27-26(28,29)17-6-3-7-20(14-17)33-25(38)32-19-10-8-18(9-11-19)31-24-30-13-12-22(35-24)34-23-15-21(36-37-23)16-4-1-2-5-16;19-13-5-7-14(8-6-13)21-18-20-10-9-16(23-18)22-17-11-15(24-25-17)12-3-1-2-4-12;1-7-3-2-4-8(5-7)9-6-10;;/h3,6-7,12-16,18-19H,1-2,4-5,8-11H2,(H2,32,33,38)(H3,30,31,34,35,36,37);9-14H,1-8,19H2,(H3,20,21,22,23,24,25);2-5H,1H3;2*1H4. The Balaban J connectivity index is 0.000000211. The first-order chi connectivity index (χ1) is 35.4. The molecule has 6 aromatic rings. The molecule has 402 valence electrons. The van der Waals surface area contributed by atoms with Crippen molar-refractivity contribution in [3.63, 3.8) is 0 Å². The van der Waals surface area contributed by atoms with Crippen molar-refractivity contribution in [2.45, 2.75) is 167 Å². The van der Waals surface area contributed by atoms with Gasteiger partial charge in [0.15, 0.2) is 11.6 Å². The third kappa shape index (κ3) is 17.6. The normalized spacial score (nSPS) is 19.5. The molecule has 75 heavy (non-hydrogen) atoms. The molecular formula is C54H73F3N16O2. The lowest BCUT2D eigenvalue weighted by Gasteiger charge is -2.29. The van der Waals surface area contributed by atoms with Crippen molar-refractivity contribution >= 4 is 58.7 Å². The zero-order valence-electron chi connectivity index (χ0n) is 41.0. The Morgan fingerprint density at radius 3 is 1.67 bits per heavy atom. The second-order valence-corrected chi connectivity index (χ2v) is 19.3. The Morgan fingerprint density at radius 1 is 0.653 bits per heavy atom. The number of H-pyrrole nitrogens is 2. The molecule has 0 aliphatic heterocycles. The number of aromatic nitrogens is 8. The van der Waals surface area contributed by atoms with E-state index in [0.29, 0.717) is 47.3 Å². The minimum Gasteiger partial charge on any atom is -0.351 e. The first-order valence-corrected chi connectivity index (χ1v) is 25.4. The van der Waals surface area contributed by atoms with Crippen molar-refractivity contribution in [3.8, 4) is 0 Å². The van der Waals surface area contributed by atoms with Crippen LogP contribution in [0.4, 0.5) is 64.5 Å². The fourth-order valence-electron chi connectivity index (χ4n) is 9.84. The number of aliphatic imine (C=N–C) groups is 1. The van der Waals surface area contributed by atoms with E-state index in [0.717, 1.165) is 92.2 Å². The van der Waals surface area contributed by atoms with Crippen LogP contribution in [0.3, 0.4) is 0 Å². The SMILES string of the molecule is C.C.Cc1cccc(N=C=O)c1.NC1CCC(Nc2nccc(Nc3cc(C4CCCC4)[nH]n3)n2)CC1.O=C(Nc1cccc(C(F)(F)F)c1)NC1CCC(Nc2nccc(Nc3cc(C4CCCC4)[nH]n3)n2)CC1. The van der Waals surface area contributed by atoms with Crippen LogP contribution in [0.2, 0.25) is 0 Å². The number of alkyl halides is 3. The Hall–Kier alpha value is -7.38. The fourth-order valence-corrected chi connectivity index (χ4v) is 9.84. The number of nitrogens with two attached hydrogens (primary N) is 1. The molecule has 10 rings (SSSR count). The Labute approximate surface area is 437 Å². The van der Waals surface area contributed by atoms with E-state index in [9.17, 15) is 22.8 Å². The number of benzene rings is 2. The van der Waals surface area contributed by atoms with Gasteiger partial charge in [-0.3, -0.25) is 10.2 Å². The summed E-state index contributed by atoms with van der Waals surface area (Å²) in [5.41, 5.74) is 9.41. The van der Waals surface area contributed by atoms with E-state index in [4.69, 9.17) is 5.73 Å². The molecule has 4 fully saturated rings. The third-order valence-corrected chi connectivity index (χ3v) is 13.7. The topological polar surface area (TPSA) is 254 Å². The van der Waals surface area contributed by atoms with E-state index in [2.05, 4.69) is 83.3 Å². The van der Waals surface area contributed by atoms with Crippen LogP contribution >= 0.6 is 0 Å². The van der Waals surface area contributed by atoms with Crippen molar-refractivity contribution in [1.82, 2.24) is 45.6 Å². The van der Waals surface area contributed by atoms with Gasteiger partial charge in [0.05, 0.1) is 11.3 Å². The van der Waals surface area contributed by atoms with Crippen molar-refractivity contribution < 1.29 is 22.8 Å². The number of carbonyl (C=O) groups excluding carboxylic acids is 2. The van der Waals surface area contributed by atoms with Gasteiger partial charge in [-0.2, -0.15) is 38.3 Å². The summed E-state index contributed by atoms with van der Waals surface area (Å²) in [7, 11) is 0. The maximum absolute atomic E-state index is 12.9. The second-order valence-electron chi connectivity index (χ2n) is 19.3. The summed E-state index contributed by atoms with van der Waals surface area (Å²) in [6, 6.07) is 20.1. The molecule has 4 aliphatic carbocycles. The highest BCUT2D eigenvalue weighted by Gasteiger charge is 2.31. The molecule has 18 nitrogen and oxygen atoms in total. The molecule has 21 heteroatoms. The van der Waals surface area contributed by atoms with Gasteiger partial charge < -0.3 is 37.6 Å². The van der Waals surface area contributed by atoms with Gasteiger partial charge in [0, 0.05) is 77.6 Å². The van der Waals surface area contributed by atoms with Crippen LogP contribution in [0.15, 0.2) is 90.2 Å². The predicted octanol–water partition coefficient (Wildman–Crippen LogP) is 12.7. The van der Waals surface area contributed by atoms with Gasteiger partial charge in [-0.15, -0.1) is 0 Å². The molecule has 4 heterocycles. The molecule has 0 radical (unpaired) electrons. The molecular weight excluding hydrogens is 962 g/mol. The van der Waals surface area contributed by atoms with Crippen LogP contribution < -0.4 is 37.6 Å². The summed E-state index contributed by atoms with van der Waals surface area (Å²) in [4.78, 5) is 43.4. The van der Waals surface area contributed by atoms with E-state index >= 15 is 0 Å². The lowest BCUT2D eigenvalue weighted by molar-refractivity contribution is -0.137. The summed E-state index contributed by atoms with van der Waals surface area (Å²) in [6.07, 6.45) is 17.9. The number of isocyanates is 1. The smallest absolute Gasteiger partial charge is 0.351 e. The van der Waals surface area contributed by atoms with E-state index < -0.39 is 17.8 Å². The number of halogens is 3. The molecule has 2 aromatic carbocycles. The number of nitrogens with one attached hydrogen (secondary N) is 8. The van der Waals surface area contributed by atoms with Crippen LogP contribution in [-0.4, -0.2) is 76.6 Å². The highest BCUT2D eigenvalue weighted by atomic mass is 19.4. The van der Waals surface area contributed by atoms with Gasteiger partial charge in [-0.1, -0.05) is 58.7 Å². The molecule has 0 saturated heterocycles. The first kappa shape index (κ1) is 56.9. The van der Waals surface area contributed by atoms with Crippen LogP contribution in [-0.2, 0) is 11.0 Å². The lowest BCUT2D eigenvalue weighted by atomic mass is 9.91. The van der Waals surface area contributed by atoms with E-state index in [1.807, 2.05) is 37.3 Å². The van der Waals surface area contributed by atoms with Crippen LogP contribution in [0.5, 0.6) is 0 Å². The van der Waals surface area contributed by atoms with Crippen LogP contribution in [0, 0.1) is 6.92 Å². The first-order valence-electron chi connectivity index (χ1n) is 25.4. The summed E-state index contributed by atoms with van der Waals surface area (Å²) in [6.45, 7) is 1.95. The van der Waals surface area contributed by atoms with Crippen molar-refractivity contribution in [2.75, 3.05) is 26.6 Å². The Bertz CT molecular complexity index is 2730. The molecule has 10 N–H and O–H groups in total. The number of nitrogens with zero attached hydrogens (tertiary/aromatic N) is 7. The number of aryl methyl sites for hydroxylation is 1. The minimum atomic E-state index is -4.46. The lowest BCUT2D eigenvalue weighted by Crippen LogP contribution is -2.42. The van der Waals surface area contributed by atoms with Gasteiger partial charge in [0.1, 0.15) is 11.6 Å². The summed E-state index contributed by atoms with van der Waals surface area (Å²) >= 11 is 0. The number of hydrogen-bond donors (Lipinski definition) is 9.